The molecule has 0 fully saturated rings. The van der Waals surface area contributed by atoms with Crippen LogP contribution in [0.15, 0.2) is 60.7 Å². The van der Waals surface area contributed by atoms with E-state index in [9.17, 15) is 43.8 Å². The third-order valence-electron chi connectivity index (χ3n) is 12.2. The summed E-state index contributed by atoms with van der Waals surface area (Å²) in [6.07, 6.45) is 3.46. The van der Waals surface area contributed by atoms with E-state index in [0.717, 1.165) is 43.4 Å². The summed E-state index contributed by atoms with van der Waals surface area (Å²) in [5.41, 5.74) is 9.81. The molecule has 10 N–H and O–H groups in total. The topological polar surface area (TPSA) is 272 Å². The number of benzene rings is 3. The number of aliphatic hydroxyl groups is 1. The number of nitrogens with zero attached hydrogens (tertiary/aromatic N) is 3. The summed E-state index contributed by atoms with van der Waals surface area (Å²) in [5, 5.41) is 39.2. The van der Waals surface area contributed by atoms with Gasteiger partial charge in [-0.15, -0.1) is 0 Å². The van der Waals surface area contributed by atoms with E-state index in [4.69, 9.17) is 5.73 Å². The van der Waals surface area contributed by atoms with Crippen molar-refractivity contribution in [3.8, 4) is 5.75 Å². The number of aliphatic hydroxyl groups excluding tert-OH is 1. The number of urea groups is 1. The van der Waals surface area contributed by atoms with Crippen LogP contribution in [0.5, 0.6) is 5.75 Å². The molecule has 3 aliphatic rings. The first-order valence-electron chi connectivity index (χ1n) is 22.0. The molecule has 0 bridgehead atoms. The number of aromatic hydroxyl groups is 1. The van der Waals surface area contributed by atoms with Crippen molar-refractivity contribution in [3.63, 3.8) is 0 Å². The van der Waals surface area contributed by atoms with Crippen LogP contribution in [-0.2, 0) is 36.8 Å². The third kappa shape index (κ3) is 10.4. The van der Waals surface area contributed by atoms with Crippen molar-refractivity contribution in [1.29, 1.82) is 0 Å². The number of nitrogens with two attached hydrogens (primary N) is 1. The first kappa shape index (κ1) is 46.0. The second-order valence-corrected chi connectivity index (χ2v) is 16.8. The van der Waals surface area contributed by atoms with Gasteiger partial charge in [-0.05, 0) is 72.7 Å². The average Bonchev–Trinajstić information content (AvgIpc) is 4.08. The lowest BCUT2D eigenvalue weighted by molar-refractivity contribution is -0.137. The summed E-state index contributed by atoms with van der Waals surface area (Å²) >= 11 is 0. The molecule has 4 heterocycles. The standard InChI is InChI=1S/C46H56N10O9/c1-26(2)42(51-25-39(59)49-19-18-48-38(58)10-6-20-56-40(60)13-14-41(56)61)43(62)53-33(9-5-17-50-46(47)65)44(63)54-21-16-29-31-23-34(52-32(31)11-12-35(29)54)45(64)55-22-15-28-27-7-3-4-8-30(27)37(57)24-36(28)55/h3-4,7-8,11-14,23-24,26,33,42,44,51-52,57,63H,5-6,9-10,15-22,25H2,1-2H3,(H,48,58)(H,49,59)(H,53,62)(H3,47,50,65)/t33-,42?,44?/m0/s1. The van der Waals surface area contributed by atoms with Crippen molar-refractivity contribution in [1.82, 2.24) is 36.5 Å². The van der Waals surface area contributed by atoms with Gasteiger partial charge in [0.05, 0.1) is 24.3 Å². The summed E-state index contributed by atoms with van der Waals surface area (Å²) in [5.74, 6) is -2.31. The van der Waals surface area contributed by atoms with E-state index >= 15 is 0 Å². The Morgan fingerprint density at radius 1 is 0.815 bits per heavy atom. The van der Waals surface area contributed by atoms with Gasteiger partial charge >= 0.3 is 6.03 Å². The van der Waals surface area contributed by atoms with Crippen LogP contribution in [0, 0.1) is 5.92 Å². The zero-order valence-corrected chi connectivity index (χ0v) is 36.4. The van der Waals surface area contributed by atoms with Crippen LogP contribution in [0.25, 0.3) is 21.7 Å². The Morgan fingerprint density at radius 3 is 2.23 bits per heavy atom. The average molecular weight is 893 g/mol. The van der Waals surface area contributed by atoms with Gasteiger partial charge in [0, 0.05) is 85.9 Å². The van der Waals surface area contributed by atoms with E-state index in [0.29, 0.717) is 50.2 Å². The van der Waals surface area contributed by atoms with E-state index in [1.54, 1.807) is 11.0 Å². The Labute approximate surface area is 375 Å². The van der Waals surface area contributed by atoms with Crippen molar-refractivity contribution in [2.24, 2.45) is 11.7 Å². The second kappa shape index (κ2) is 20.2. The lowest BCUT2D eigenvalue weighted by atomic mass is 10.0. The molecule has 19 heteroatoms. The minimum atomic E-state index is -1.19. The fourth-order valence-electron chi connectivity index (χ4n) is 8.89. The monoisotopic (exact) mass is 892 g/mol. The molecule has 0 spiro atoms. The highest BCUT2D eigenvalue weighted by atomic mass is 16.3. The predicted molar refractivity (Wildman–Crippen MR) is 243 cm³/mol. The number of hydrogen-bond donors (Lipinski definition) is 9. The number of aromatic amines is 1. The first-order chi connectivity index (χ1) is 31.2. The SMILES string of the molecule is CC(C)C(NCC(=O)NCCNC(=O)CCCN1C(=O)C=CC1=O)C(=O)N[C@@H](CCCNC(N)=O)C(O)N1CCc2c1ccc1[nH]c(C(=O)N3CCc4c3cc(O)c3ccccc43)cc21. The van der Waals surface area contributed by atoms with Crippen LogP contribution < -0.4 is 42.1 Å². The highest BCUT2D eigenvalue weighted by molar-refractivity contribution is 6.13. The zero-order chi connectivity index (χ0) is 46.4. The number of phenols is 1. The largest absolute Gasteiger partial charge is 0.507 e. The number of primary amides is 1. The van der Waals surface area contributed by atoms with Gasteiger partial charge in [0.25, 0.3) is 17.7 Å². The molecule has 3 aromatic carbocycles. The summed E-state index contributed by atoms with van der Waals surface area (Å²) in [6.45, 7) is 4.97. The van der Waals surface area contributed by atoms with Gasteiger partial charge < -0.3 is 52.0 Å². The number of phenolic OH excluding ortho intramolecular Hbond substituents is 1. The quantitative estimate of drug-likeness (QED) is 0.0452. The molecule has 1 aromatic heterocycles. The van der Waals surface area contributed by atoms with Crippen molar-refractivity contribution in [3.05, 3.63) is 77.5 Å². The van der Waals surface area contributed by atoms with E-state index in [2.05, 4.69) is 31.6 Å². The van der Waals surface area contributed by atoms with Crippen LogP contribution in [0.3, 0.4) is 0 Å². The fourth-order valence-corrected chi connectivity index (χ4v) is 8.89. The van der Waals surface area contributed by atoms with Crippen molar-refractivity contribution >= 4 is 74.5 Å². The molecule has 344 valence electrons. The molecule has 7 rings (SSSR count). The number of hydrogen-bond acceptors (Lipinski definition) is 11. The smallest absolute Gasteiger partial charge is 0.312 e. The predicted octanol–water partition coefficient (Wildman–Crippen LogP) is 1.40. The lowest BCUT2D eigenvalue weighted by Gasteiger charge is -2.34. The van der Waals surface area contributed by atoms with Crippen molar-refractivity contribution in [2.45, 2.75) is 70.7 Å². The second-order valence-electron chi connectivity index (χ2n) is 16.8. The maximum Gasteiger partial charge on any atom is 0.312 e. The third-order valence-corrected chi connectivity index (χ3v) is 12.2. The lowest BCUT2D eigenvalue weighted by Crippen LogP contribution is -2.57. The Morgan fingerprint density at radius 2 is 1.51 bits per heavy atom. The molecule has 0 saturated heterocycles. The number of amides is 8. The first-order valence-corrected chi connectivity index (χ1v) is 22.0. The van der Waals surface area contributed by atoms with Gasteiger partial charge in [-0.2, -0.15) is 0 Å². The molecule has 8 amide bonds. The molecule has 65 heavy (non-hydrogen) atoms. The van der Waals surface area contributed by atoms with Gasteiger partial charge in [0.2, 0.25) is 17.7 Å². The maximum absolute atomic E-state index is 14.0. The van der Waals surface area contributed by atoms with Crippen LogP contribution in [-0.4, -0.2) is 126 Å². The van der Waals surface area contributed by atoms with E-state index in [1.165, 1.54) is 12.2 Å². The van der Waals surface area contributed by atoms with Gasteiger partial charge in [-0.1, -0.05) is 38.1 Å². The summed E-state index contributed by atoms with van der Waals surface area (Å²) in [7, 11) is 0. The van der Waals surface area contributed by atoms with Crippen LogP contribution in [0.2, 0.25) is 0 Å². The number of fused-ring (bicyclic) bond motifs is 6. The molecular weight excluding hydrogens is 837 g/mol. The Bertz CT molecular complexity index is 2520. The van der Waals surface area contributed by atoms with Crippen LogP contribution in [0.1, 0.15) is 61.1 Å². The summed E-state index contributed by atoms with van der Waals surface area (Å²) < 4.78 is 0. The molecule has 0 saturated carbocycles. The number of carbonyl (C=O) groups excluding carboxylic acids is 7. The van der Waals surface area contributed by atoms with Crippen molar-refractivity contribution < 1.29 is 43.8 Å². The fraction of sp³-hybridized carbons (Fsp3) is 0.413. The number of nitrogens with one attached hydrogen (secondary N) is 6. The van der Waals surface area contributed by atoms with Crippen LogP contribution in [0.4, 0.5) is 16.2 Å². The maximum atomic E-state index is 14.0. The minimum absolute atomic E-state index is 0.0976. The molecule has 3 atom stereocenters. The normalized spacial score (nSPS) is 15.7. The van der Waals surface area contributed by atoms with E-state index < -0.39 is 48.0 Å². The van der Waals surface area contributed by atoms with Gasteiger partial charge in [-0.3, -0.25) is 39.0 Å². The molecule has 2 unspecified atom stereocenters. The Balaban J connectivity index is 0.958. The molecular formula is C46H56N10O9. The van der Waals surface area contributed by atoms with Gasteiger partial charge in [-0.25, -0.2) is 4.79 Å². The molecule has 19 nitrogen and oxygen atoms in total. The number of imide groups is 1. The number of H-pyrrole nitrogens is 1. The summed E-state index contributed by atoms with van der Waals surface area (Å²) in [4.78, 5) is 95.5. The Hall–Kier alpha value is -6.99. The zero-order valence-electron chi connectivity index (χ0n) is 36.4. The number of aromatic nitrogens is 1. The summed E-state index contributed by atoms with van der Waals surface area (Å²) in [6, 6.07) is 12.5. The number of rotatable bonds is 20. The number of carbonyl (C=O) groups is 7. The highest BCUT2D eigenvalue weighted by Gasteiger charge is 2.35. The van der Waals surface area contributed by atoms with Crippen LogP contribution >= 0.6 is 0 Å². The molecule has 0 aliphatic carbocycles. The molecule has 0 radical (unpaired) electrons. The van der Waals surface area contributed by atoms with Crippen molar-refractivity contribution in [2.75, 3.05) is 55.6 Å². The number of anilines is 2. The highest BCUT2D eigenvalue weighted by Crippen LogP contribution is 2.41. The van der Waals surface area contributed by atoms with Gasteiger partial charge in [0.1, 0.15) is 17.7 Å². The van der Waals surface area contributed by atoms with E-state index in [-0.39, 0.29) is 69.0 Å². The Kier molecular flexibility index (Phi) is 14.3. The molecule has 4 aromatic rings. The van der Waals surface area contributed by atoms with E-state index in [1.807, 2.05) is 61.2 Å². The molecule has 3 aliphatic heterocycles. The van der Waals surface area contributed by atoms with Gasteiger partial charge in [0.15, 0.2) is 0 Å². The minimum Gasteiger partial charge on any atom is -0.507 e.